The molecule has 2 aromatic rings. The highest BCUT2D eigenvalue weighted by Gasteiger charge is 2.41. The zero-order valence-electron chi connectivity index (χ0n) is 9.91. The topological polar surface area (TPSA) is 46.1 Å². The molecule has 2 atom stereocenters. The van der Waals surface area contributed by atoms with E-state index in [4.69, 9.17) is 0 Å². The van der Waals surface area contributed by atoms with Gasteiger partial charge in [-0.1, -0.05) is 20.6 Å². The number of amides is 1. The SMILES string of the molecule is O=C1CC(F)(P)CN1c1cnc(-c2cccnc2)s1. The van der Waals surface area contributed by atoms with E-state index in [2.05, 4.69) is 19.2 Å². The molecule has 98 valence electrons. The summed E-state index contributed by atoms with van der Waals surface area (Å²) in [6.07, 6.45) is 4.91. The molecule has 0 aliphatic carbocycles. The fraction of sp³-hybridized carbons (Fsp3) is 0.250. The number of anilines is 1. The van der Waals surface area contributed by atoms with Crippen LogP contribution in [0.25, 0.3) is 10.6 Å². The van der Waals surface area contributed by atoms with Crippen LogP contribution in [0.5, 0.6) is 0 Å². The number of thiazole rings is 1. The Morgan fingerprint density at radius 3 is 2.95 bits per heavy atom. The monoisotopic (exact) mass is 295 g/mol. The van der Waals surface area contributed by atoms with Crippen LogP contribution in [0.3, 0.4) is 0 Å². The number of pyridine rings is 1. The molecule has 1 amide bonds. The summed E-state index contributed by atoms with van der Waals surface area (Å²) in [6, 6.07) is 3.73. The Morgan fingerprint density at radius 2 is 2.32 bits per heavy atom. The lowest BCUT2D eigenvalue weighted by atomic mass is 10.3. The minimum Gasteiger partial charge on any atom is -0.299 e. The van der Waals surface area contributed by atoms with Crippen LogP contribution in [0.2, 0.25) is 0 Å². The van der Waals surface area contributed by atoms with Crippen molar-refractivity contribution in [3.05, 3.63) is 30.7 Å². The third-order valence-electron chi connectivity index (χ3n) is 2.84. The Bertz CT molecular complexity index is 616. The Morgan fingerprint density at radius 1 is 1.47 bits per heavy atom. The molecule has 0 bridgehead atoms. The van der Waals surface area contributed by atoms with Crippen LogP contribution in [0, 0.1) is 0 Å². The molecule has 0 aromatic carbocycles. The zero-order valence-corrected chi connectivity index (χ0v) is 11.9. The minimum absolute atomic E-state index is 0.0607. The van der Waals surface area contributed by atoms with Gasteiger partial charge in [-0.25, -0.2) is 9.37 Å². The van der Waals surface area contributed by atoms with Gasteiger partial charge in [0.2, 0.25) is 5.91 Å². The minimum atomic E-state index is -1.53. The summed E-state index contributed by atoms with van der Waals surface area (Å²) in [5, 5.41) is -0.0861. The number of nitrogens with zero attached hydrogens (tertiary/aromatic N) is 3. The third kappa shape index (κ3) is 2.51. The summed E-state index contributed by atoms with van der Waals surface area (Å²) < 4.78 is 13.8. The summed E-state index contributed by atoms with van der Waals surface area (Å²) in [5.74, 6) is -0.209. The summed E-state index contributed by atoms with van der Waals surface area (Å²) in [5.41, 5.74) is 0.891. The van der Waals surface area contributed by atoms with Gasteiger partial charge in [-0.2, -0.15) is 0 Å². The lowest BCUT2D eigenvalue weighted by Crippen LogP contribution is -2.25. The largest absolute Gasteiger partial charge is 0.299 e. The highest BCUT2D eigenvalue weighted by Crippen LogP contribution is 2.39. The Labute approximate surface area is 115 Å². The van der Waals surface area contributed by atoms with E-state index < -0.39 is 5.41 Å². The number of halogens is 1. The van der Waals surface area contributed by atoms with E-state index in [0.29, 0.717) is 5.00 Å². The second kappa shape index (κ2) is 4.62. The molecular formula is C12H11FN3OPS. The molecule has 19 heavy (non-hydrogen) atoms. The summed E-state index contributed by atoms with van der Waals surface area (Å²) in [6.45, 7) is 0.0607. The molecular weight excluding hydrogens is 284 g/mol. The number of carbonyl (C=O) groups is 1. The first-order valence-electron chi connectivity index (χ1n) is 5.70. The van der Waals surface area contributed by atoms with E-state index in [-0.39, 0.29) is 18.9 Å². The van der Waals surface area contributed by atoms with E-state index >= 15 is 0 Å². The normalized spacial score (nSPS) is 23.1. The number of aromatic nitrogens is 2. The quantitative estimate of drug-likeness (QED) is 0.800. The van der Waals surface area contributed by atoms with Gasteiger partial charge in [-0.15, -0.1) is 0 Å². The van der Waals surface area contributed by atoms with Crippen molar-refractivity contribution in [1.29, 1.82) is 0 Å². The van der Waals surface area contributed by atoms with E-state index in [1.165, 1.54) is 16.2 Å². The average Bonchev–Trinajstić information content (AvgIpc) is 2.95. The Kier molecular flexibility index (Phi) is 3.07. The van der Waals surface area contributed by atoms with Gasteiger partial charge in [0.05, 0.1) is 19.2 Å². The van der Waals surface area contributed by atoms with E-state index in [9.17, 15) is 9.18 Å². The molecule has 0 saturated carbocycles. The van der Waals surface area contributed by atoms with Crippen LogP contribution in [-0.4, -0.2) is 27.8 Å². The predicted molar refractivity (Wildman–Crippen MR) is 75.9 cm³/mol. The molecule has 0 radical (unpaired) electrons. The number of hydrogen-bond acceptors (Lipinski definition) is 4. The molecule has 2 unspecified atom stereocenters. The maximum atomic E-state index is 13.8. The number of rotatable bonds is 2. The smallest absolute Gasteiger partial charge is 0.231 e. The standard InChI is InChI=1S/C12H11FN3OPS/c13-12(18)4-9(17)16(7-12)10-6-15-11(19-10)8-2-1-3-14-5-8/h1-3,5-6H,4,7,18H2. The highest BCUT2D eigenvalue weighted by molar-refractivity contribution is 7.19. The zero-order chi connectivity index (χ0) is 13.5. The lowest BCUT2D eigenvalue weighted by molar-refractivity contribution is -0.117. The van der Waals surface area contributed by atoms with Crippen LogP contribution >= 0.6 is 20.6 Å². The first-order valence-corrected chi connectivity index (χ1v) is 7.09. The van der Waals surface area contributed by atoms with Crippen molar-refractivity contribution >= 4 is 31.5 Å². The molecule has 1 aliphatic heterocycles. The maximum Gasteiger partial charge on any atom is 0.231 e. The van der Waals surface area contributed by atoms with Crippen LogP contribution < -0.4 is 4.90 Å². The van der Waals surface area contributed by atoms with Crippen molar-refractivity contribution in [2.24, 2.45) is 0 Å². The fourth-order valence-corrected chi connectivity index (χ4v) is 3.25. The summed E-state index contributed by atoms with van der Waals surface area (Å²) in [4.78, 5) is 21.5. The Balaban J connectivity index is 1.89. The van der Waals surface area contributed by atoms with Crippen molar-refractivity contribution in [2.75, 3.05) is 11.4 Å². The second-order valence-corrected chi connectivity index (χ2v) is 6.48. The molecule has 7 heteroatoms. The number of hydrogen-bond donors (Lipinski definition) is 0. The van der Waals surface area contributed by atoms with Gasteiger partial charge in [0, 0.05) is 18.0 Å². The molecule has 0 N–H and O–H groups in total. The predicted octanol–water partition coefficient (Wildman–Crippen LogP) is 2.48. The van der Waals surface area contributed by atoms with Crippen LogP contribution in [-0.2, 0) is 4.79 Å². The first kappa shape index (κ1) is 12.6. The molecule has 4 nitrogen and oxygen atoms in total. The van der Waals surface area contributed by atoms with Crippen LogP contribution in [0.1, 0.15) is 6.42 Å². The van der Waals surface area contributed by atoms with E-state index in [1.54, 1.807) is 18.6 Å². The molecule has 1 saturated heterocycles. The molecule has 3 heterocycles. The number of carbonyl (C=O) groups excluding carboxylic acids is 1. The van der Waals surface area contributed by atoms with Gasteiger partial charge in [0.1, 0.15) is 15.4 Å². The van der Waals surface area contributed by atoms with Crippen molar-refractivity contribution < 1.29 is 9.18 Å². The van der Waals surface area contributed by atoms with Gasteiger partial charge in [-0.05, 0) is 12.1 Å². The van der Waals surface area contributed by atoms with Gasteiger partial charge < -0.3 is 0 Å². The van der Waals surface area contributed by atoms with Gasteiger partial charge in [0.25, 0.3) is 0 Å². The molecule has 1 fully saturated rings. The van der Waals surface area contributed by atoms with Crippen molar-refractivity contribution in [3.63, 3.8) is 0 Å². The Hall–Kier alpha value is -1.39. The maximum absolute atomic E-state index is 13.8. The van der Waals surface area contributed by atoms with Gasteiger partial charge in [-0.3, -0.25) is 14.7 Å². The third-order valence-corrected chi connectivity index (χ3v) is 4.29. The van der Waals surface area contributed by atoms with Gasteiger partial charge in [0.15, 0.2) is 0 Å². The van der Waals surface area contributed by atoms with Gasteiger partial charge >= 0.3 is 0 Å². The van der Waals surface area contributed by atoms with E-state index in [1.807, 2.05) is 12.1 Å². The van der Waals surface area contributed by atoms with E-state index in [0.717, 1.165) is 10.6 Å². The summed E-state index contributed by atoms with van der Waals surface area (Å²) >= 11 is 1.37. The first-order chi connectivity index (χ1) is 9.05. The molecule has 2 aromatic heterocycles. The average molecular weight is 295 g/mol. The lowest BCUT2D eigenvalue weighted by Gasteiger charge is -2.14. The molecule has 0 spiro atoms. The van der Waals surface area contributed by atoms with Crippen LogP contribution in [0.15, 0.2) is 30.7 Å². The molecule has 1 aliphatic rings. The molecule has 3 rings (SSSR count). The van der Waals surface area contributed by atoms with Crippen LogP contribution in [0.4, 0.5) is 9.39 Å². The fourth-order valence-electron chi connectivity index (χ4n) is 1.97. The second-order valence-electron chi connectivity index (χ2n) is 4.44. The highest BCUT2D eigenvalue weighted by atomic mass is 32.1. The van der Waals surface area contributed by atoms with Crippen molar-refractivity contribution in [1.82, 2.24) is 9.97 Å². The number of alkyl halides is 1. The van der Waals surface area contributed by atoms with Crippen molar-refractivity contribution in [3.8, 4) is 10.6 Å². The summed E-state index contributed by atoms with van der Waals surface area (Å²) in [7, 11) is 2.10. The van der Waals surface area contributed by atoms with Crippen molar-refractivity contribution in [2.45, 2.75) is 11.8 Å².